The largest absolute Gasteiger partial charge is 0.378 e. The maximum Gasteiger partial charge on any atom is 0.178 e. The number of aromatic nitrogens is 2. The van der Waals surface area contributed by atoms with Crippen molar-refractivity contribution >= 4 is 23.1 Å². The highest BCUT2D eigenvalue weighted by molar-refractivity contribution is 6.30. The summed E-state index contributed by atoms with van der Waals surface area (Å²) >= 11 is 5.97. The van der Waals surface area contributed by atoms with E-state index in [4.69, 9.17) is 21.3 Å². The average Bonchev–Trinajstić information content (AvgIpc) is 3.15. The number of halogens is 1. The van der Waals surface area contributed by atoms with Gasteiger partial charge in [0, 0.05) is 41.9 Å². The lowest BCUT2D eigenvalue weighted by Gasteiger charge is -2.28. The van der Waals surface area contributed by atoms with Gasteiger partial charge in [-0.2, -0.15) is 0 Å². The molecule has 1 saturated heterocycles. The van der Waals surface area contributed by atoms with E-state index in [0.29, 0.717) is 22.2 Å². The van der Waals surface area contributed by atoms with Gasteiger partial charge in [-0.15, -0.1) is 0 Å². The third-order valence-electron chi connectivity index (χ3n) is 4.69. The smallest absolute Gasteiger partial charge is 0.178 e. The quantitative estimate of drug-likeness (QED) is 0.679. The van der Waals surface area contributed by atoms with E-state index in [2.05, 4.69) is 22.0 Å². The van der Waals surface area contributed by atoms with E-state index in [9.17, 15) is 4.79 Å². The molecule has 1 aromatic heterocycles. The number of ketones is 1. The van der Waals surface area contributed by atoms with Crippen LogP contribution in [0.5, 0.6) is 0 Å². The highest BCUT2D eigenvalue weighted by Gasteiger charge is 2.17. The molecule has 4 rings (SSSR count). The van der Waals surface area contributed by atoms with E-state index in [1.807, 2.05) is 24.3 Å². The number of benzene rings is 2. The Morgan fingerprint density at radius 3 is 2.30 bits per heavy atom. The maximum absolute atomic E-state index is 12.1. The van der Waals surface area contributed by atoms with E-state index in [1.165, 1.54) is 12.6 Å². The first kappa shape index (κ1) is 17.8. The molecule has 0 radical (unpaired) electrons. The van der Waals surface area contributed by atoms with Crippen LogP contribution >= 0.6 is 11.6 Å². The first-order chi connectivity index (χ1) is 13.1. The summed E-state index contributed by atoms with van der Waals surface area (Å²) in [5.41, 5.74) is 4.11. The van der Waals surface area contributed by atoms with Crippen LogP contribution in [0.1, 0.15) is 17.4 Å². The van der Waals surface area contributed by atoms with Crippen LogP contribution in [0.15, 0.2) is 48.5 Å². The van der Waals surface area contributed by atoms with Crippen LogP contribution in [0.4, 0.5) is 5.69 Å². The highest BCUT2D eigenvalue weighted by Crippen LogP contribution is 2.28. The standard InChI is InChI=1S/C21H20ClN3O2/c1-14(26)19-20(15-2-6-17(22)7-3-15)24-21(23-19)16-4-8-18(9-5-16)25-10-12-27-13-11-25/h2-9H,10-13H2,1H3,(H,23,24). The number of hydrogen-bond donors (Lipinski definition) is 1. The summed E-state index contributed by atoms with van der Waals surface area (Å²) in [5.74, 6) is 0.627. The normalized spacial score (nSPS) is 14.4. The summed E-state index contributed by atoms with van der Waals surface area (Å²) in [6.07, 6.45) is 0. The molecule has 1 aliphatic heterocycles. The molecule has 0 unspecified atom stereocenters. The molecule has 1 N–H and O–H groups in total. The Kier molecular flexibility index (Phi) is 4.97. The third-order valence-corrected chi connectivity index (χ3v) is 4.94. The van der Waals surface area contributed by atoms with Crippen molar-refractivity contribution in [1.29, 1.82) is 0 Å². The topological polar surface area (TPSA) is 58.2 Å². The molecule has 6 heteroatoms. The monoisotopic (exact) mass is 381 g/mol. The summed E-state index contributed by atoms with van der Waals surface area (Å²) in [6, 6.07) is 15.6. The molecule has 5 nitrogen and oxygen atoms in total. The molecular weight excluding hydrogens is 362 g/mol. The fraction of sp³-hybridized carbons (Fsp3) is 0.238. The number of aromatic amines is 1. The molecule has 138 valence electrons. The number of ether oxygens (including phenoxy) is 1. The van der Waals surface area contributed by atoms with Crippen molar-refractivity contribution in [3.05, 3.63) is 59.2 Å². The number of nitrogens with zero attached hydrogens (tertiary/aromatic N) is 2. The van der Waals surface area contributed by atoms with Crippen LogP contribution in [-0.4, -0.2) is 42.1 Å². The Morgan fingerprint density at radius 1 is 1.04 bits per heavy atom. The number of rotatable bonds is 4. The second-order valence-corrected chi connectivity index (χ2v) is 6.95. The molecule has 0 saturated carbocycles. The number of nitrogens with one attached hydrogen (secondary N) is 1. The number of carbonyl (C=O) groups is 1. The minimum absolute atomic E-state index is 0.0522. The van der Waals surface area contributed by atoms with Crippen molar-refractivity contribution in [2.45, 2.75) is 6.92 Å². The number of hydrogen-bond acceptors (Lipinski definition) is 4. The number of H-pyrrole nitrogens is 1. The van der Waals surface area contributed by atoms with E-state index < -0.39 is 0 Å². The zero-order chi connectivity index (χ0) is 18.8. The summed E-state index contributed by atoms with van der Waals surface area (Å²) in [4.78, 5) is 22.3. The highest BCUT2D eigenvalue weighted by atomic mass is 35.5. The van der Waals surface area contributed by atoms with Gasteiger partial charge in [0.05, 0.1) is 18.9 Å². The molecule has 1 fully saturated rings. The Hall–Kier alpha value is -2.63. The lowest BCUT2D eigenvalue weighted by Crippen LogP contribution is -2.36. The Labute approximate surface area is 162 Å². The number of imidazole rings is 1. The fourth-order valence-corrected chi connectivity index (χ4v) is 3.36. The molecule has 0 spiro atoms. The minimum atomic E-state index is -0.0522. The molecule has 0 aliphatic carbocycles. The summed E-state index contributed by atoms with van der Waals surface area (Å²) in [6.45, 7) is 4.85. The second-order valence-electron chi connectivity index (χ2n) is 6.52. The molecule has 2 aromatic carbocycles. The predicted molar refractivity (Wildman–Crippen MR) is 108 cm³/mol. The molecule has 0 bridgehead atoms. The average molecular weight is 382 g/mol. The molecule has 27 heavy (non-hydrogen) atoms. The summed E-state index contributed by atoms with van der Waals surface area (Å²) < 4.78 is 5.41. The van der Waals surface area contributed by atoms with E-state index in [1.54, 1.807) is 12.1 Å². The number of Topliss-reactive ketones (excluding diaryl/α,β-unsaturated/α-hetero) is 1. The molecule has 2 heterocycles. The number of anilines is 1. The second kappa shape index (κ2) is 7.55. The van der Waals surface area contributed by atoms with Gasteiger partial charge in [0.25, 0.3) is 0 Å². The van der Waals surface area contributed by atoms with Crippen LogP contribution in [0.25, 0.3) is 22.6 Å². The fourth-order valence-electron chi connectivity index (χ4n) is 3.23. The van der Waals surface area contributed by atoms with Gasteiger partial charge in [-0.25, -0.2) is 4.98 Å². The zero-order valence-corrected chi connectivity index (χ0v) is 15.8. The number of carbonyl (C=O) groups excluding carboxylic acids is 1. The molecule has 3 aromatic rings. The molecule has 0 amide bonds. The van der Waals surface area contributed by atoms with E-state index in [-0.39, 0.29) is 5.78 Å². The van der Waals surface area contributed by atoms with Gasteiger partial charge in [-0.3, -0.25) is 4.79 Å². The van der Waals surface area contributed by atoms with Crippen LogP contribution in [0, 0.1) is 0 Å². The van der Waals surface area contributed by atoms with Gasteiger partial charge in [0.1, 0.15) is 11.5 Å². The van der Waals surface area contributed by atoms with Crippen molar-refractivity contribution in [3.63, 3.8) is 0 Å². The Morgan fingerprint density at radius 2 is 1.67 bits per heavy atom. The first-order valence-corrected chi connectivity index (χ1v) is 9.29. The van der Waals surface area contributed by atoms with Crippen LogP contribution < -0.4 is 4.90 Å². The Balaban J connectivity index is 1.66. The van der Waals surface area contributed by atoms with Gasteiger partial charge in [0.2, 0.25) is 0 Å². The van der Waals surface area contributed by atoms with Crippen LogP contribution in [0.2, 0.25) is 5.02 Å². The molecule has 0 atom stereocenters. The molecular formula is C21H20ClN3O2. The van der Waals surface area contributed by atoms with Crippen molar-refractivity contribution in [3.8, 4) is 22.6 Å². The lowest BCUT2D eigenvalue weighted by atomic mass is 10.1. The minimum Gasteiger partial charge on any atom is -0.378 e. The SMILES string of the molecule is CC(=O)c1[nH]c(-c2ccc(N3CCOCC3)cc2)nc1-c1ccc(Cl)cc1. The van der Waals surface area contributed by atoms with Gasteiger partial charge < -0.3 is 14.6 Å². The predicted octanol–water partition coefficient (Wildman–Crippen LogP) is 4.44. The molecule has 1 aliphatic rings. The van der Waals surface area contributed by atoms with Crippen molar-refractivity contribution in [2.24, 2.45) is 0 Å². The van der Waals surface area contributed by atoms with E-state index >= 15 is 0 Å². The maximum atomic E-state index is 12.1. The van der Waals surface area contributed by atoms with Crippen molar-refractivity contribution < 1.29 is 9.53 Å². The first-order valence-electron chi connectivity index (χ1n) is 8.92. The Bertz CT molecular complexity index is 943. The summed E-state index contributed by atoms with van der Waals surface area (Å²) in [7, 11) is 0. The van der Waals surface area contributed by atoms with Gasteiger partial charge in [-0.05, 0) is 36.4 Å². The van der Waals surface area contributed by atoms with E-state index in [0.717, 1.165) is 37.4 Å². The van der Waals surface area contributed by atoms with Gasteiger partial charge in [-0.1, -0.05) is 23.7 Å². The summed E-state index contributed by atoms with van der Waals surface area (Å²) in [5, 5.41) is 0.651. The number of morpholine rings is 1. The van der Waals surface area contributed by atoms with Gasteiger partial charge in [0.15, 0.2) is 5.78 Å². The van der Waals surface area contributed by atoms with Gasteiger partial charge >= 0.3 is 0 Å². The van der Waals surface area contributed by atoms with Crippen LogP contribution in [-0.2, 0) is 4.74 Å². The lowest BCUT2D eigenvalue weighted by molar-refractivity contribution is 0.101. The van der Waals surface area contributed by atoms with Crippen LogP contribution in [0.3, 0.4) is 0 Å². The zero-order valence-electron chi connectivity index (χ0n) is 15.0. The third kappa shape index (κ3) is 3.75. The van der Waals surface area contributed by atoms with Crippen molar-refractivity contribution in [1.82, 2.24) is 9.97 Å². The van der Waals surface area contributed by atoms with Crippen molar-refractivity contribution in [2.75, 3.05) is 31.2 Å².